The SMILES string of the molecule is COc1c(-c2ccccc2Br)cc(C)cc1-c1cccc2ccccc12.COc1c(-c2ccccc2NCCCCNc2ccccc2-c2cc(C)cc(-c3cccc4ccccc34)c2OC)cc(C)cc1-c1cccc2ccccc12.NCCCCN.[B]B([B])B(B([B])[B])B(B([B])[B])B(B(B([B])[B])B([B])[B])B(B(B([B])[B])B([B])[B])B(B([B])[B])B([B])[B]. The van der Waals surface area contributed by atoms with E-state index in [-0.39, 0.29) is 0 Å². The van der Waals surface area contributed by atoms with E-state index in [2.05, 4.69) is 278 Å². The van der Waals surface area contributed by atoms with Crippen molar-refractivity contribution in [3.63, 3.8) is 0 Å². The fourth-order valence-corrected chi connectivity index (χ4v) is 17.9. The Bertz CT molecular complexity index is 5110. The monoisotopic (exact) mass is 1600 g/mol. The summed E-state index contributed by atoms with van der Waals surface area (Å²) in [7, 11) is 115. The summed E-state index contributed by atoms with van der Waals surface area (Å²) < 4.78 is 19.4. The van der Waals surface area contributed by atoms with Gasteiger partial charge in [-0.1, -0.05) is 198 Å². The number of hydrogen-bond acceptors (Lipinski definition) is 7. The maximum atomic E-state index is 6.24. The Morgan fingerprint density at radius 2 is 0.492 bits per heavy atom. The van der Waals surface area contributed by atoms with Crippen LogP contribution < -0.4 is 36.3 Å². The number of nitrogens with two attached hydrogens (primary N) is 2. The lowest BCUT2D eigenvalue weighted by Gasteiger charge is -2.52. The molecule has 0 unspecified atom stereocenters. The second-order valence-corrected chi connectivity index (χ2v) is 32.3. The van der Waals surface area contributed by atoms with Crippen LogP contribution in [-0.4, -0.2) is 289 Å². The van der Waals surface area contributed by atoms with Crippen LogP contribution in [0.3, 0.4) is 0 Å². The van der Waals surface area contributed by atoms with Crippen LogP contribution in [0.5, 0.6) is 17.2 Å². The molecule has 122 heavy (non-hydrogen) atoms. The fourth-order valence-electron chi connectivity index (χ4n) is 17.4. The molecule has 12 rings (SSSR count). The molecule has 7 nitrogen and oxygen atoms in total. The molecule has 6 N–H and O–H groups in total. The molecule has 0 atom stereocenters. The highest BCUT2D eigenvalue weighted by molar-refractivity contribution is 9.10. The summed E-state index contributed by atoms with van der Waals surface area (Å²) in [5.41, 5.74) is 29.7. The Balaban J connectivity index is 0.000000218. The minimum Gasteiger partial charge on any atom is -0.495 e. The quantitative estimate of drug-likeness (QED) is 0.0244. The maximum Gasteiger partial charge on any atom is 0.134 e. The number of fused-ring (bicyclic) bond motifs is 3. The van der Waals surface area contributed by atoms with E-state index >= 15 is 0 Å². The van der Waals surface area contributed by atoms with Crippen LogP contribution >= 0.6 is 15.9 Å². The molecule has 0 spiro atoms. The van der Waals surface area contributed by atoms with Crippen molar-refractivity contribution in [3.05, 3.63) is 258 Å². The van der Waals surface area contributed by atoms with Gasteiger partial charge in [0.05, 0.1) is 21.3 Å². The van der Waals surface area contributed by atoms with Crippen molar-refractivity contribution in [2.45, 2.75) is 46.5 Å². The van der Waals surface area contributed by atoms with E-state index in [1.807, 2.05) is 6.07 Å². The van der Waals surface area contributed by atoms with E-state index in [1.54, 1.807) is 21.3 Å². The van der Waals surface area contributed by atoms with Gasteiger partial charge in [0.2, 0.25) is 0 Å². The topological polar surface area (TPSA) is 104 Å². The van der Waals surface area contributed by atoms with E-state index in [9.17, 15) is 0 Å². The predicted octanol–water partition coefficient (Wildman–Crippen LogP) is 7.59. The van der Waals surface area contributed by atoms with Gasteiger partial charge in [0.25, 0.3) is 0 Å². The molecule has 546 valence electrons. The number of ether oxygens (including phenoxy) is 3. The normalized spacial score (nSPS) is 10.5. The predicted molar refractivity (Wildman–Crippen MR) is 575 cm³/mol. The van der Waals surface area contributed by atoms with Gasteiger partial charge in [0, 0.05) is 315 Å². The number of halogens is 1. The standard InChI is InChI=1S/C52H48N2O2.C24H19BrO.C4H12N2.B34/c1-35-31-45(41-25-15-19-37-17-5-7-21-39(37)41)51(55-3)47(33-35)43-23-9-11-27-49(43)53-29-13-14-30-54-50-28-12-10-24-44(50)48-34-36(2)32-46(52(48)56-4)42-26-16-20-38-18-6-8-22-40(38)42;1-16-14-21(19-12-7-9-17-8-3-4-10-18(17)19)24(26-2)22(15-16)20-11-5-6-13-23(20)25;5-3-1-2-4-6;1-19(2)28(20(3)4)32(27(17)18)34(31(25(13)14)26(15)16)33(29(21(5)6)22(7)8)30(23(9)10)24(11)12/h5-12,15-28,31-34,53-54H,13-14,29-30H2,1-4H3;3-15H,1-2H3;1-6H2;. The van der Waals surface area contributed by atoms with Crippen LogP contribution in [0.1, 0.15) is 42.4 Å². The van der Waals surface area contributed by atoms with Gasteiger partial charge in [0.15, 0.2) is 0 Å². The first-order valence-electron chi connectivity index (χ1n) is 41.5. The van der Waals surface area contributed by atoms with E-state index < -0.39 is 102 Å². The van der Waals surface area contributed by atoms with E-state index in [1.165, 1.54) is 65.7 Å². The molecule has 12 aromatic rings. The van der Waals surface area contributed by atoms with Gasteiger partial charge < -0.3 is 36.3 Å². The second-order valence-electron chi connectivity index (χ2n) is 31.4. The molecule has 0 amide bonds. The average molecular weight is 1590 g/mol. The molecule has 0 bridgehead atoms. The van der Waals surface area contributed by atoms with Crippen LogP contribution in [-0.2, 0) is 0 Å². The third kappa shape index (κ3) is 24.8. The summed E-state index contributed by atoms with van der Waals surface area (Å²) in [4.78, 5) is 0. The summed E-state index contributed by atoms with van der Waals surface area (Å²) >= 11 is 3.69. The minimum absolute atomic E-state index is 0.775. The molecule has 0 fully saturated rings. The lowest BCUT2D eigenvalue weighted by atomic mass is 8.29. The molecular weight excluding hydrogens is 1510 g/mol. The fraction of sp³-hybridized carbons (Fsp3) is 0.175. The third-order valence-electron chi connectivity index (χ3n) is 22.7. The molecule has 0 aliphatic rings. The van der Waals surface area contributed by atoms with Gasteiger partial charge in [-0.15, -0.1) is 0 Å². The molecule has 42 heteroatoms. The van der Waals surface area contributed by atoms with Crippen LogP contribution in [0.2, 0.25) is 0 Å². The van der Waals surface area contributed by atoms with E-state index in [0.29, 0.717) is 0 Å². The largest absolute Gasteiger partial charge is 0.495 e. The number of aryl methyl sites for hydroxylation is 3. The Kier molecular flexibility index (Phi) is 39.0. The van der Waals surface area contributed by atoms with Gasteiger partial charge in [-0.05, 0) is 185 Å². The van der Waals surface area contributed by atoms with Gasteiger partial charge in [-0.3, -0.25) is 0 Å². The van der Waals surface area contributed by atoms with Crippen LogP contribution in [0, 0.1) is 20.8 Å². The smallest absolute Gasteiger partial charge is 0.134 e. The molecular formula is C80H79B34BrN4O3. The van der Waals surface area contributed by atoms with Gasteiger partial charge in [-0.2, -0.15) is 0 Å². The highest BCUT2D eigenvalue weighted by Gasteiger charge is 2.54. The van der Waals surface area contributed by atoms with E-state index in [4.69, 9.17) is 165 Å². The zero-order chi connectivity index (χ0) is 88.6. The number of nitrogens with one attached hydrogen (secondary N) is 2. The van der Waals surface area contributed by atoms with Gasteiger partial charge in [-0.25, -0.2) is 0 Å². The second kappa shape index (κ2) is 48.1. The van der Waals surface area contributed by atoms with Crippen LogP contribution in [0.25, 0.3) is 99.1 Å². The molecule has 0 aliphatic heterocycles. The number of hydrogen-bond donors (Lipinski definition) is 4. The van der Waals surface area contributed by atoms with Crippen molar-refractivity contribution in [1.29, 1.82) is 0 Å². The average Bonchev–Trinajstić information content (AvgIpc) is 0.726. The lowest BCUT2D eigenvalue weighted by Crippen LogP contribution is -2.90. The zero-order valence-electron chi connectivity index (χ0n) is 71.1. The van der Waals surface area contributed by atoms with Crippen molar-refractivity contribution in [2.75, 3.05) is 58.1 Å². The van der Waals surface area contributed by atoms with Crippen molar-refractivity contribution in [2.24, 2.45) is 11.5 Å². The lowest BCUT2D eigenvalue weighted by molar-refractivity contribution is 0.418. The zero-order valence-corrected chi connectivity index (χ0v) is 72.6. The molecule has 36 radical (unpaired) electrons. The highest BCUT2D eigenvalue weighted by Crippen LogP contribution is 2.48. The number of unbranched alkanes of at least 4 members (excludes halogenated alkanes) is 2. The first-order valence-corrected chi connectivity index (χ1v) is 42.3. The Morgan fingerprint density at radius 3 is 0.779 bits per heavy atom. The molecule has 0 saturated carbocycles. The van der Waals surface area contributed by atoms with Crippen molar-refractivity contribution in [1.82, 2.24) is 0 Å². The third-order valence-corrected chi connectivity index (χ3v) is 23.4. The minimum atomic E-state index is -1.16. The molecule has 0 heterocycles. The molecule has 0 saturated heterocycles. The maximum absolute atomic E-state index is 6.24. The summed E-state index contributed by atoms with van der Waals surface area (Å²) in [6.45, 7) is 9.72. The highest BCUT2D eigenvalue weighted by atomic mass is 79.9. The molecule has 0 aromatic heterocycles. The summed E-state index contributed by atoms with van der Waals surface area (Å²) in [5.74, 6) is 2.68. The summed E-state index contributed by atoms with van der Waals surface area (Å²) in [6.07, 6.45) is -12.5. The molecule has 12 aromatic carbocycles. The van der Waals surface area contributed by atoms with Crippen molar-refractivity contribution in [3.8, 4) is 84.0 Å². The molecule has 0 aliphatic carbocycles. The number of rotatable bonds is 34. The summed E-state index contributed by atoms with van der Waals surface area (Å²) in [5, 5.41) is 14.9. The first-order chi connectivity index (χ1) is 58.5. The van der Waals surface area contributed by atoms with Crippen molar-refractivity contribution >= 4 is 301 Å². The van der Waals surface area contributed by atoms with Crippen LogP contribution in [0.4, 0.5) is 11.4 Å². The van der Waals surface area contributed by atoms with Gasteiger partial charge in [0.1, 0.15) is 17.2 Å². The van der Waals surface area contributed by atoms with Gasteiger partial charge >= 0.3 is 0 Å². The Labute approximate surface area is 766 Å². The number of benzene rings is 12. The van der Waals surface area contributed by atoms with Crippen molar-refractivity contribution < 1.29 is 14.2 Å². The number of anilines is 2. The summed E-state index contributed by atoms with van der Waals surface area (Å²) in [6, 6.07) is 83.8. The van der Waals surface area contributed by atoms with E-state index in [0.717, 1.165) is 135 Å². The first kappa shape index (κ1) is 98.8. The number of para-hydroxylation sites is 2. The number of methoxy groups -OCH3 is 3. The Hall–Kier alpha value is -6.97. The van der Waals surface area contributed by atoms with Crippen LogP contribution in [0.15, 0.2) is 241 Å². The Morgan fingerprint density at radius 1 is 0.262 bits per heavy atom.